The van der Waals surface area contributed by atoms with E-state index >= 15 is 0 Å². The highest BCUT2D eigenvalue weighted by Crippen LogP contribution is 2.59. The zero-order valence-electron chi connectivity index (χ0n) is 5.90. The maximum Gasteiger partial charge on any atom is 0.114 e. The molecule has 0 amide bonds. The van der Waals surface area contributed by atoms with Crippen molar-refractivity contribution in [3.8, 4) is 0 Å². The fourth-order valence-electron chi connectivity index (χ4n) is 1.45. The van der Waals surface area contributed by atoms with Crippen LogP contribution in [0.4, 0.5) is 0 Å². The smallest absolute Gasteiger partial charge is 0.114 e. The topological polar surface area (TPSA) is 12.5 Å². The van der Waals surface area contributed by atoms with Crippen LogP contribution in [-0.2, 0) is 4.74 Å². The maximum absolute atomic E-state index is 6.20. The Balaban J connectivity index is 2.07. The van der Waals surface area contributed by atoms with Gasteiger partial charge < -0.3 is 4.74 Å². The molecule has 1 nitrogen and oxygen atoms in total. The molecule has 2 heteroatoms. The van der Waals surface area contributed by atoms with E-state index in [4.69, 9.17) is 16.3 Å². The molecule has 0 N–H and O–H groups in total. The minimum Gasteiger partial charge on any atom is -0.367 e. The molecule has 2 rings (SSSR count). The molecule has 2 fully saturated rings. The van der Waals surface area contributed by atoms with Crippen LogP contribution in [0.5, 0.6) is 0 Å². The summed E-state index contributed by atoms with van der Waals surface area (Å²) in [6, 6.07) is 0. The van der Waals surface area contributed by atoms with Crippen molar-refractivity contribution in [1.82, 2.24) is 0 Å². The van der Waals surface area contributed by atoms with Crippen LogP contribution in [0.3, 0.4) is 0 Å². The molecule has 1 aliphatic carbocycles. The second-order valence-electron chi connectivity index (χ2n) is 3.24. The average molecular weight is 159 g/mol. The Bertz CT molecular complexity index is 168. The van der Waals surface area contributed by atoms with Gasteiger partial charge in [-0.15, -0.1) is 18.2 Å². The Morgan fingerprint density at radius 3 is 2.50 bits per heavy atom. The van der Waals surface area contributed by atoms with Gasteiger partial charge in [-0.25, -0.2) is 0 Å². The van der Waals surface area contributed by atoms with E-state index in [2.05, 4.69) is 6.58 Å². The van der Waals surface area contributed by atoms with E-state index in [1.165, 1.54) is 0 Å². The van der Waals surface area contributed by atoms with Gasteiger partial charge in [-0.3, -0.25) is 0 Å². The van der Waals surface area contributed by atoms with Crippen LogP contribution in [0.2, 0.25) is 0 Å². The van der Waals surface area contributed by atoms with Crippen molar-refractivity contribution in [1.29, 1.82) is 0 Å². The van der Waals surface area contributed by atoms with Crippen molar-refractivity contribution < 1.29 is 4.74 Å². The number of epoxide rings is 1. The predicted octanol–water partition coefficient (Wildman–Crippen LogP) is 2.10. The minimum atomic E-state index is -0.0127. The van der Waals surface area contributed by atoms with Gasteiger partial charge in [0.25, 0.3) is 0 Å². The van der Waals surface area contributed by atoms with Gasteiger partial charge in [0.1, 0.15) is 5.60 Å². The van der Waals surface area contributed by atoms with Crippen molar-refractivity contribution in [3.63, 3.8) is 0 Å². The van der Waals surface area contributed by atoms with Crippen LogP contribution >= 0.6 is 11.6 Å². The summed E-state index contributed by atoms with van der Waals surface area (Å²) in [5.74, 6) is 0. The summed E-state index contributed by atoms with van der Waals surface area (Å²) in [7, 11) is 0. The molecule has 2 aliphatic rings. The third-order valence-electron chi connectivity index (χ3n) is 2.47. The van der Waals surface area contributed by atoms with Crippen molar-refractivity contribution in [2.24, 2.45) is 0 Å². The van der Waals surface area contributed by atoms with Gasteiger partial charge in [-0.1, -0.05) is 6.08 Å². The molecule has 1 saturated heterocycles. The summed E-state index contributed by atoms with van der Waals surface area (Å²) >= 11 is 6.20. The zero-order chi connectivity index (χ0) is 7.24. The molecular formula is C8H11ClO. The SMILES string of the molecule is C=CCC1(C2(Cl)CC2)CO1. The molecule has 56 valence electrons. The first-order chi connectivity index (χ1) is 4.72. The summed E-state index contributed by atoms with van der Waals surface area (Å²) in [6.45, 7) is 4.52. The zero-order valence-corrected chi connectivity index (χ0v) is 6.66. The van der Waals surface area contributed by atoms with Crippen LogP contribution in [0.25, 0.3) is 0 Å². The van der Waals surface area contributed by atoms with Gasteiger partial charge in [0, 0.05) is 0 Å². The molecule has 1 saturated carbocycles. The minimum absolute atomic E-state index is 0.00367. The summed E-state index contributed by atoms with van der Waals surface area (Å²) in [6.07, 6.45) is 5.04. The Morgan fingerprint density at radius 1 is 1.60 bits per heavy atom. The van der Waals surface area contributed by atoms with E-state index in [1.807, 2.05) is 6.08 Å². The third-order valence-corrected chi connectivity index (χ3v) is 3.19. The fourth-order valence-corrected chi connectivity index (χ4v) is 1.73. The quantitative estimate of drug-likeness (QED) is 0.348. The lowest BCUT2D eigenvalue weighted by molar-refractivity contribution is 0.288. The monoisotopic (exact) mass is 158 g/mol. The number of hydrogen-bond acceptors (Lipinski definition) is 1. The second kappa shape index (κ2) is 1.77. The molecule has 0 spiro atoms. The first kappa shape index (κ1) is 6.68. The number of hydrogen-bond donors (Lipinski definition) is 0. The van der Waals surface area contributed by atoms with Crippen LogP contribution in [0, 0.1) is 0 Å². The second-order valence-corrected chi connectivity index (χ2v) is 3.96. The van der Waals surface area contributed by atoms with Gasteiger partial charge in [0.05, 0.1) is 11.5 Å². The highest BCUT2D eigenvalue weighted by molar-refractivity contribution is 6.27. The summed E-state index contributed by atoms with van der Waals surface area (Å²) in [4.78, 5) is -0.0127. The lowest BCUT2D eigenvalue weighted by atomic mass is 10.0. The van der Waals surface area contributed by atoms with Crippen molar-refractivity contribution >= 4 is 11.6 Å². The Morgan fingerprint density at radius 2 is 2.20 bits per heavy atom. The van der Waals surface area contributed by atoms with E-state index < -0.39 is 0 Å². The molecule has 10 heavy (non-hydrogen) atoms. The van der Waals surface area contributed by atoms with E-state index in [9.17, 15) is 0 Å². The third kappa shape index (κ3) is 0.739. The first-order valence-corrected chi connectivity index (χ1v) is 4.04. The van der Waals surface area contributed by atoms with Crippen molar-refractivity contribution in [3.05, 3.63) is 12.7 Å². The number of ether oxygens (including phenoxy) is 1. The first-order valence-electron chi connectivity index (χ1n) is 3.66. The highest BCUT2D eigenvalue weighted by atomic mass is 35.5. The lowest BCUT2D eigenvalue weighted by Gasteiger charge is -2.13. The van der Waals surface area contributed by atoms with Crippen LogP contribution < -0.4 is 0 Å². The average Bonchev–Trinajstić information content (AvgIpc) is 2.69. The lowest BCUT2D eigenvalue weighted by Crippen LogP contribution is -2.25. The molecule has 1 atom stereocenters. The predicted molar refractivity (Wildman–Crippen MR) is 41.3 cm³/mol. The maximum atomic E-state index is 6.20. The van der Waals surface area contributed by atoms with E-state index in [0.717, 1.165) is 25.9 Å². The molecule has 1 heterocycles. The Kier molecular flexibility index (Phi) is 1.19. The number of halogens is 1. The number of rotatable bonds is 3. The van der Waals surface area contributed by atoms with E-state index in [1.54, 1.807) is 0 Å². The molecule has 0 aromatic heterocycles. The Labute approximate surface area is 66.0 Å². The summed E-state index contributed by atoms with van der Waals surface area (Å²) in [5.41, 5.74) is -0.00367. The van der Waals surface area contributed by atoms with Crippen LogP contribution in [-0.4, -0.2) is 17.1 Å². The van der Waals surface area contributed by atoms with Gasteiger partial charge in [0.2, 0.25) is 0 Å². The fraction of sp³-hybridized carbons (Fsp3) is 0.750. The van der Waals surface area contributed by atoms with Gasteiger partial charge in [-0.05, 0) is 19.3 Å². The molecule has 0 aromatic carbocycles. The van der Waals surface area contributed by atoms with Gasteiger partial charge in [-0.2, -0.15) is 0 Å². The molecule has 0 aromatic rings. The van der Waals surface area contributed by atoms with Crippen molar-refractivity contribution in [2.75, 3.05) is 6.61 Å². The van der Waals surface area contributed by atoms with Crippen LogP contribution in [0.15, 0.2) is 12.7 Å². The number of alkyl halides is 1. The largest absolute Gasteiger partial charge is 0.367 e. The highest BCUT2D eigenvalue weighted by Gasteiger charge is 2.66. The van der Waals surface area contributed by atoms with E-state index in [0.29, 0.717) is 0 Å². The normalized spacial score (nSPS) is 40.9. The molecule has 1 aliphatic heterocycles. The van der Waals surface area contributed by atoms with Gasteiger partial charge >= 0.3 is 0 Å². The van der Waals surface area contributed by atoms with Gasteiger partial charge in [0.15, 0.2) is 0 Å². The standard InChI is InChI=1S/C8H11ClO/c1-2-3-8(6-10-8)7(9)4-5-7/h2H,1,3-6H2. The molecule has 0 bridgehead atoms. The molecular weight excluding hydrogens is 148 g/mol. The van der Waals surface area contributed by atoms with E-state index in [-0.39, 0.29) is 10.5 Å². The van der Waals surface area contributed by atoms with Crippen LogP contribution in [0.1, 0.15) is 19.3 Å². The summed E-state index contributed by atoms with van der Waals surface area (Å²) in [5, 5.41) is 0. The molecule has 0 radical (unpaired) electrons. The van der Waals surface area contributed by atoms with Crippen molar-refractivity contribution in [2.45, 2.75) is 29.7 Å². The molecule has 1 unspecified atom stereocenters. The summed E-state index contributed by atoms with van der Waals surface area (Å²) < 4.78 is 5.36. The Hall–Kier alpha value is -0.0100.